The van der Waals surface area contributed by atoms with Gasteiger partial charge in [-0.05, 0) is 19.3 Å². The Kier molecular flexibility index (Phi) is 5.11. The predicted molar refractivity (Wildman–Crippen MR) is 80.0 cm³/mol. The van der Waals surface area contributed by atoms with Crippen LogP contribution >= 0.6 is 0 Å². The van der Waals surface area contributed by atoms with E-state index in [0.29, 0.717) is 18.7 Å². The lowest BCUT2D eigenvalue weighted by Gasteiger charge is -2.11. The van der Waals surface area contributed by atoms with Crippen molar-refractivity contribution in [1.29, 1.82) is 0 Å². The fraction of sp³-hybridized carbons (Fsp3) is 0.615. The standard InChI is InChI=1S/C13H20N4O3S/c1-2-5-15-12-9-14-8-11(17-12)13(18)16-7-10-4-3-6-21(10,19)20/h8-10H,2-7H2,1H3,(H,15,17)(H,16,18). The number of carbonyl (C=O) groups excluding carboxylic acids is 1. The number of carbonyl (C=O) groups is 1. The van der Waals surface area contributed by atoms with E-state index in [1.807, 2.05) is 6.92 Å². The molecular formula is C13H20N4O3S. The Morgan fingerprint density at radius 2 is 2.24 bits per heavy atom. The zero-order valence-corrected chi connectivity index (χ0v) is 12.8. The van der Waals surface area contributed by atoms with Gasteiger partial charge in [-0.1, -0.05) is 6.92 Å². The minimum atomic E-state index is -3.05. The van der Waals surface area contributed by atoms with E-state index < -0.39 is 21.0 Å². The van der Waals surface area contributed by atoms with Crippen LogP contribution < -0.4 is 10.6 Å². The molecule has 1 aromatic rings. The normalized spacial score (nSPS) is 20.1. The summed E-state index contributed by atoms with van der Waals surface area (Å²) < 4.78 is 23.4. The maximum absolute atomic E-state index is 12.0. The molecule has 2 heterocycles. The van der Waals surface area contributed by atoms with E-state index in [-0.39, 0.29) is 18.0 Å². The van der Waals surface area contributed by atoms with E-state index in [9.17, 15) is 13.2 Å². The summed E-state index contributed by atoms with van der Waals surface area (Å²) in [6, 6.07) is 0. The van der Waals surface area contributed by atoms with Crippen LogP contribution in [0.1, 0.15) is 36.7 Å². The van der Waals surface area contributed by atoms with Gasteiger partial charge in [-0.3, -0.25) is 9.78 Å². The number of sulfone groups is 1. The second-order valence-electron chi connectivity index (χ2n) is 5.06. The van der Waals surface area contributed by atoms with Crippen molar-refractivity contribution in [2.24, 2.45) is 0 Å². The van der Waals surface area contributed by atoms with Crippen molar-refractivity contribution in [3.8, 4) is 0 Å². The summed E-state index contributed by atoms with van der Waals surface area (Å²) >= 11 is 0. The van der Waals surface area contributed by atoms with Gasteiger partial charge in [0.1, 0.15) is 11.5 Å². The molecule has 0 saturated carbocycles. The molecule has 7 nitrogen and oxygen atoms in total. The zero-order chi connectivity index (χ0) is 15.3. The molecule has 1 aliphatic rings. The van der Waals surface area contributed by atoms with Gasteiger partial charge in [0.15, 0.2) is 9.84 Å². The van der Waals surface area contributed by atoms with E-state index in [1.54, 1.807) is 6.20 Å². The lowest BCUT2D eigenvalue weighted by Crippen LogP contribution is -2.35. The number of amides is 1. The van der Waals surface area contributed by atoms with E-state index >= 15 is 0 Å². The molecule has 116 valence electrons. The van der Waals surface area contributed by atoms with Crippen LogP contribution in [0.15, 0.2) is 12.4 Å². The molecule has 0 aromatic carbocycles. The Balaban J connectivity index is 1.94. The van der Waals surface area contributed by atoms with E-state index in [1.165, 1.54) is 6.20 Å². The third kappa shape index (κ3) is 4.13. The number of anilines is 1. The highest BCUT2D eigenvalue weighted by atomic mass is 32.2. The monoisotopic (exact) mass is 312 g/mol. The summed E-state index contributed by atoms with van der Waals surface area (Å²) in [5, 5.41) is 5.21. The van der Waals surface area contributed by atoms with Gasteiger partial charge in [0.2, 0.25) is 0 Å². The molecule has 1 atom stereocenters. The minimum Gasteiger partial charge on any atom is -0.369 e. The maximum atomic E-state index is 12.0. The quantitative estimate of drug-likeness (QED) is 0.798. The van der Waals surface area contributed by atoms with Crippen molar-refractivity contribution in [1.82, 2.24) is 15.3 Å². The van der Waals surface area contributed by atoms with Crippen molar-refractivity contribution in [3.63, 3.8) is 0 Å². The van der Waals surface area contributed by atoms with Gasteiger partial charge in [0.25, 0.3) is 5.91 Å². The van der Waals surface area contributed by atoms with E-state index in [0.717, 1.165) is 13.0 Å². The largest absolute Gasteiger partial charge is 0.369 e. The molecule has 0 spiro atoms. The Hall–Kier alpha value is -1.70. The molecule has 1 amide bonds. The van der Waals surface area contributed by atoms with Gasteiger partial charge in [-0.25, -0.2) is 13.4 Å². The van der Waals surface area contributed by atoms with Crippen LogP contribution in [0.3, 0.4) is 0 Å². The summed E-state index contributed by atoms with van der Waals surface area (Å²) in [7, 11) is -3.05. The van der Waals surface area contributed by atoms with Crippen LogP contribution in [0.25, 0.3) is 0 Å². The van der Waals surface area contributed by atoms with Gasteiger partial charge in [0.05, 0.1) is 23.4 Å². The van der Waals surface area contributed by atoms with Crippen LogP contribution in [0, 0.1) is 0 Å². The first-order chi connectivity index (χ1) is 10.0. The van der Waals surface area contributed by atoms with Gasteiger partial charge in [-0.15, -0.1) is 0 Å². The zero-order valence-electron chi connectivity index (χ0n) is 12.0. The van der Waals surface area contributed by atoms with Crippen LogP contribution in [0.4, 0.5) is 5.82 Å². The minimum absolute atomic E-state index is 0.134. The average molecular weight is 312 g/mol. The number of rotatable bonds is 6. The van der Waals surface area contributed by atoms with Gasteiger partial charge >= 0.3 is 0 Å². The number of nitrogens with one attached hydrogen (secondary N) is 2. The van der Waals surface area contributed by atoms with Crippen molar-refractivity contribution in [3.05, 3.63) is 18.1 Å². The van der Waals surface area contributed by atoms with Crippen molar-refractivity contribution < 1.29 is 13.2 Å². The fourth-order valence-corrected chi connectivity index (χ4v) is 3.96. The maximum Gasteiger partial charge on any atom is 0.271 e. The summed E-state index contributed by atoms with van der Waals surface area (Å²) in [6.07, 6.45) is 5.13. The topological polar surface area (TPSA) is 101 Å². The highest BCUT2D eigenvalue weighted by molar-refractivity contribution is 7.92. The number of hydrogen-bond donors (Lipinski definition) is 2. The van der Waals surface area contributed by atoms with Crippen LogP contribution in [-0.4, -0.2) is 48.4 Å². The molecule has 1 unspecified atom stereocenters. The molecule has 1 aliphatic heterocycles. The molecular weight excluding hydrogens is 292 g/mol. The SMILES string of the molecule is CCCNc1cncc(C(=O)NCC2CCCS2(=O)=O)n1. The third-order valence-corrected chi connectivity index (χ3v) is 5.65. The molecule has 1 saturated heterocycles. The van der Waals surface area contributed by atoms with Crippen LogP contribution in [0.2, 0.25) is 0 Å². The fourth-order valence-electron chi connectivity index (χ4n) is 2.20. The van der Waals surface area contributed by atoms with Crippen molar-refractivity contribution >= 4 is 21.6 Å². The molecule has 1 aromatic heterocycles. The molecule has 1 fully saturated rings. The summed E-state index contributed by atoms with van der Waals surface area (Å²) in [5.74, 6) is 0.353. The molecule has 8 heteroatoms. The third-order valence-electron chi connectivity index (χ3n) is 3.38. The van der Waals surface area contributed by atoms with Crippen LogP contribution in [-0.2, 0) is 9.84 Å². The lowest BCUT2D eigenvalue weighted by atomic mass is 10.2. The second kappa shape index (κ2) is 6.84. The number of aromatic nitrogens is 2. The molecule has 0 radical (unpaired) electrons. The smallest absolute Gasteiger partial charge is 0.271 e. The lowest BCUT2D eigenvalue weighted by molar-refractivity contribution is 0.0948. The van der Waals surface area contributed by atoms with E-state index in [4.69, 9.17) is 0 Å². The summed E-state index contributed by atoms with van der Waals surface area (Å²) in [4.78, 5) is 20.1. The molecule has 21 heavy (non-hydrogen) atoms. The van der Waals surface area contributed by atoms with Gasteiger partial charge < -0.3 is 10.6 Å². The number of hydrogen-bond acceptors (Lipinski definition) is 6. The highest BCUT2D eigenvalue weighted by Crippen LogP contribution is 2.19. The van der Waals surface area contributed by atoms with Crippen LogP contribution in [0.5, 0.6) is 0 Å². The Morgan fingerprint density at radius 1 is 1.43 bits per heavy atom. The second-order valence-corrected chi connectivity index (χ2v) is 7.46. The average Bonchev–Trinajstić information content (AvgIpc) is 2.81. The van der Waals surface area contributed by atoms with Crippen molar-refractivity contribution in [2.75, 3.05) is 24.2 Å². The molecule has 2 N–H and O–H groups in total. The first kappa shape index (κ1) is 15.7. The Labute approximate surface area is 124 Å². The number of nitrogens with zero attached hydrogens (tertiary/aromatic N) is 2. The van der Waals surface area contributed by atoms with Gasteiger partial charge in [0, 0.05) is 13.1 Å². The molecule has 2 rings (SSSR count). The first-order valence-corrected chi connectivity index (χ1v) is 8.80. The van der Waals surface area contributed by atoms with E-state index in [2.05, 4.69) is 20.6 Å². The summed E-state index contributed by atoms with van der Waals surface area (Å²) in [5.41, 5.74) is 0.187. The van der Waals surface area contributed by atoms with Gasteiger partial charge in [-0.2, -0.15) is 0 Å². The Morgan fingerprint density at radius 3 is 2.90 bits per heavy atom. The molecule has 0 bridgehead atoms. The first-order valence-electron chi connectivity index (χ1n) is 7.08. The van der Waals surface area contributed by atoms with Crippen molar-refractivity contribution in [2.45, 2.75) is 31.4 Å². The molecule has 0 aliphatic carbocycles. The highest BCUT2D eigenvalue weighted by Gasteiger charge is 2.31. The Bertz CT molecular complexity index is 603. The summed E-state index contributed by atoms with van der Waals surface area (Å²) in [6.45, 7) is 2.91. The predicted octanol–water partition coefficient (Wildman–Crippen LogP) is 0.605.